The van der Waals surface area contributed by atoms with E-state index < -0.39 is 36.7 Å². The first-order chi connectivity index (χ1) is 10.0. The number of rotatable bonds is 7. The van der Waals surface area contributed by atoms with Crippen LogP contribution in [0.4, 0.5) is 0 Å². The maximum Gasteiger partial charge on any atom is 0.339 e. The van der Waals surface area contributed by atoms with E-state index in [9.17, 15) is 19.5 Å². The topological polar surface area (TPSA) is 130 Å². The minimum atomic E-state index is -1.50. The Balaban J connectivity index is 3.18. The number of esters is 2. The zero-order valence-electron chi connectivity index (χ0n) is 10.9. The first-order valence-corrected chi connectivity index (χ1v) is 5.95. The predicted octanol–water partition coefficient (Wildman–Crippen LogP) is -0.317. The summed E-state index contributed by atoms with van der Waals surface area (Å²) < 4.78 is 9.28. The van der Waals surface area contributed by atoms with Gasteiger partial charge in [-0.15, -0.1) is 0 Å². The summed E-state index contributed by atoms with van der Waals surface area (Å²) in [6.45, 7) is -1.41. The number of aliphatic hydroxyl groups is 2. The van der Waals surface area contributed by atoms with Crippen LogP contribution in [-0.4, -0.2) is 59.7 Å². The smallest absolute Gasteiger partial charge is 0.339 e. The van der Waals surface area contributed by atoms with Gasteiger partial charge in [0.15, 0.2) is 0 Å². The minimum Gasteiger partial charge on any atom is -0.478 e. The molecule has 0 aliphatic heterocycles. The second-order valence-corrected chi connectivity index (χ2v) is 3.75. The lowest BCUT2D eigenvalue weighted by molar-refractivity contribution is 0.0416. The third-order valence-electron chi connectivity index (χ3n) is 2.37. The molecule has 0 heterocycles. The van der Waals surface area contributed by atoms with Gasteiger partial charge in [-0.25, -0.2) is 14.4 Å². The highest BCUT2D eigenvalue weighted by molar-refractivity contribution is 6.09. The van der Waals surface area contributed by atoms with Crippen molar-refractivity contribution in [2.45, 2.75) is 0 Å². The number of carbonyl (C=O) groups excluding carboxylic acids is 2. The van der Waals surface area contributed by atoms with Gasteiger partial charge < -0.3 is 24.8 Å². The molecule has 0 spiro atoms. The Hall–Kier alpha value is -2.45. The molecule has 0 atom stereocenters. The first kappa shape index (κ1) is 16.6. The summed E-state index contributed by atoms with van der Waals surface area (Å²) in [5.74, 6) is -3.45. The Bertz CT molecular complexity index is 499. The monoisotopic (exact) mass is 298 g/mol. The molecule has 8 heteroatoms. The average molecular weight is 298 g/mol. The molecule has 0 unspecified atom stereocenters. The molecule has 1 rings (SSSR count). The van der Waals surface area contributed by atoms with Gasteiger partial charge in [0.25, 0.3) is 0 Å². The highest BCUT2D eigenvalue weighted by atomic mass is 16.5. The molecule has 0 radical (unpaired) electrons. The zero-order valence-corrected chi connectivity index (χ0v) is 10.9. The Morgan fingerprint density at radius 2 is 1.33 bits per heavy atom. The van der Waals surface area contributed by atoms with Crippen molar-refractivity contribution in [3.8, 4) is 0 Å². The van der Waals surface area contributed by atoms with E-state index in [1.165, 1.54) is 18.2 Å². The van der Waals surface area contributed by atoms with E-state index in [1.54, 1.807) is 0 Å². The van der Waals surface area contributed by atoms with Crippen LogP contribution in [0.2, 0.25) is 0 Å². The van der Waals surface area contributed by atoms with Crippen molar-refractivity contribution in [2.24, 2.45) is 0 Å². The van der Waals surface area contributed by atoms with Gasteiger partial charge in [0.05, 0.1) is 29.9 Å². The maximum atomic E-state index is 11.7. The lowest BCUT2D eigenvalue weighted by atomic mass is 10.0. The van der Waals surface area contributed by atoms with Gasteiger partial charge in [0.1, 0.15) is 13.2 Å². The molecule has 0 aliphatic rings. The van der Waals surface area contributed by atoms with Crippen LogP contribution in [0.5, 0.6) is 0 Å². The highest BCUT2D eigenvalue weighted by Gasteiger charge is 2.25. The molecular formula is C13H14O8. The van der Waals surface area contributed by atoms with Gasteiger partial charge in [-0.2, -0.15) is 0 Å². The third-order valence-corrected chi connectivity index (χ3v) is 2.37. The van der Waals surface area contributed by atoms with Crippen molar-refractivity contribution in [1.29, 1.82) is 0 Å². The molecule has 0 bridgehead atoms. The molecule has 1 aromatic rings. The number of aliphatic hydroxyl groups excluding tert-OH is 2. The van der Waals surface area contributed by atoms with Gasteiger partial charge in [-0.3, -0.25) is 0 Å². The van der Waals surface area contributed by atoms with Gasteiger partial charge in [-0.05, 0) is 12.1 Å². The van der Waals surface area contributed by atoms with E-state index in [0.29, 0.717) is 0 Å². The molecule has 0 saturated carbocycles. The van der Waals surface area contributed by atoms with Gasteiger partial charge in [0, 0.05) is 0 Å². The Morgan fingerprint density at radius 1 is 0.905 bits per heavy atom. The molecule has 1 aromatic carbocycles. The molecule has 3 N–H and O–H groups in total. The third kappa shape index (κ3) is 4.26. The number of hydrogen-bond acceptors (Lipinski definition) is 7. The minimum absolute atomic E-state index is 0.295. The normalized spacial score (nSPS) is 10.0. The first-order valence-electron chi connectivity index (χ1n) is 5.95. The maximum absolute atomic E-state index is 11.7. The molecule has 0 amide bonds. The van der Waals surface area contributed by atoms with Crippen LogP contribution in [0.15, 0.2) is 18.2 Å². The number of carboxylic acids is 1. The van der Waals surface area contributed by atoms with E-state index in [2.05, 4.69) is 9.47 Å². The van der Waals surface area contributed by atoms with Crippen molar-refractivity contribution in [2.75, 3.05) is 26.4 Å². The zero-order chi connectivity index (χ0) is 15.8. The molecule has 114 valence electrons. The summed E-state index contributed by atoms with van der Waals surface area (Å²) in [6.07, 6.45) is 0. The fraction of sp³-hybridized carbons (Fsp3) is 0.308. The van der Waals surface area contributed by atoms with Crippen LogP contribution in [0.3, 0.4) is 0 Å². The molecule has 0 saturated heterocycles. The SMILES string of the molecule is O=C(OCCO)c1cccc(C(=O)OCCO)c1C(=O)O. The number of hydrogen-bond donors (Lipinski definition) is 3. The molecule has 0 fully saturated rings. The molecule has 21 heavy (non-hydrogen) atoms. The number of carboxylic acid groups (broad SMARTS) is 1. The summed E-state index contributed by atoms with van der Waals surface area (Å²) >= 11 is 0. The van der Waals surface area contributed by atoms with Crippen LogP contribution in [0.1, 0.15) is 31.1 Å². The standard InChI is InChI=1S/C13H14O8/c14-4-6-20-12(18)8-2-1-3-9(10(8)11(16)17)13(19)21-7-5-15/h1-3,14-15H,4-7H2,(H,16,17). The van der Waals surface area contributed by atoms with E-state index in [4.69, 9.17) is 10.2 Å². The second kappa shape index (κ2) is 7.98. The van der Waals surface area contributed by atoms with Crippen molar-refractivity contribution in [1.82, 2.24) is 0 Å². The van der Waals surface area contributed by atoms with E-state index >= 15 is 0 Å². The van der Waals surface area contributed by atoms with Gasteiger partial charge >= 0.3 is 17.9 Å². The summed E-state index contributed by atoms with van der Waals surface area (Å²) in [5, 5.41) is 26.4. The van der Waals surface area contributed by atoms with E-state index in [1.807, 2.05) is 0 Å². The average Bonchev–Trinajstić information content (AvgIpc) is 2.49. The Morgan fingerprint density at radius 3 is 1.67 bits per heavy atom. The van der Waals surface area contributed by atoms with Crippen LogP contribution in [0.25, 0.3) is 0 Å². The lowest BCUT2D eigenvalue weighted by Crippen LogP contribution is -2.19. The summed E-state index contributed by atoms with van der Waals surface area (Å²) in [5.41, 5.74) is -1.20. The summed E-state index contributed by atoms with van der Waals surface area (Å²) in [7, 11) is 0. The van der Waals surface area contributed by atoms with Crippen molar-refractivity contribution in [3.63, 3.8) is 0 Å². The predicted molar refractivity (Wildman–Crippen MR) is 68.1 cm³/mol. The largest absolute Gasteiger partial charge is 0.478 e. The van der Waals surface area contributed by atoms with Crippen LogP contribution in [-0.2, 0) is 9.47 Å². The second-order valence-electron chi connectivity index (χ2n) is 3.75. The number of benzene rings is 1. The van der Waals surface area contributed by atoms with E-state index in [0.717, 1.165) is 0 Å². The Labute approximate surface area is 119 Å². The molecule has 0 aliphatic carbocycles. The molecular weight excluding hydrogens is 284 g/mol. The Kier molecular flexibility index (Phi) is 6.31. The number of carbonyl (C=O) groups is 3. The summed E-state index contributed by atoms with van der Waals surface area (Å²) in [6, 6.07) is 3.68. The van der Waals surface area contributed by atoms with Gasteiger partial charge in [0.2, 0.25) is 0 Å². The highest BCUT2D eigenvalue weighted by Crippen LogP contribution is 2.17. The van der Waals surface area contributed by atoms with E-state index in [-0.39, 0.29) is 24.3 Å². The van der Waals surface area contributed by atoms with Crippen molar-refractivity contribution in [3.05, 3.63) is 34.9 Å². The fourth-order valence-electron chi connectivity index (χ4n) is 1.56. The molecule has 8 nitrogen and oxygen atoms in total. The van der Waals surface area contributed by atoms with Crippen LogP contribution in [0, 0.1) is 0 Å². The van der Waals surface area contributed by atoms with Crippen LogP contribution >= 0.6 is 0 Å². The molecule has 0 aromatic heterocycles. The van der Waals surface area contributed by atoms with Crippen LogP contribution < -0.4 is 0 Å². The lowest BCUT2D eigenvalue weighted by Gasteiger charge is -2.10. The fourth-order valence-corrected chi connectivity index (χ4v) is 1.56. The van der Waals surface area contributed by atoms with Gasteiger partial charge in [-0.1, -0.05) is 6.07 Å². The quantitative estimate of drug-likeness (QED) is 0.584. The number of ether oxygens (including phenoxy) is 2. The van der Waals surface area contributed by atoms with Crippen molar-refractivity contribution < 1.29 is 39.2 Å². The summed E-state index contributed by atoms with van der Waals surface area (Å²) in [4.78, 5) is 34.7. The van der Waals surface area contributed by atoms with Crippen molar-refractivity contribution >= 4 is 17.9 Å². The number of aromatic carboxylic acids is 1.